The van der Waals surface area contributed by atoms with Crippen LogP contribution in [0.2, 0.25) is 0 Å². The molecule has 0 aliphatic carbocycles. The Hall–Kier alpha value is -0.380. The lowest BCUT2D eigenvalue weighted by molar-refractivity contribution is 0.212. The lowest BCUT2D eigenvalue weighted by Gasteiger charge is -2.19. The van der Waals surface area contributed by atoms with Crippen LogP contribution in [0, 0.1) is 5.92 Å². The van der Waals surface area contributed by atoms with Crippen LogP contribution in [0.4, 0.5) is 0 Å². The van der Waals surface area contributed by atoms with Crippen molar-refractivity contribution in [2.24, 2.45) is 5.92 Å². The van der Waals surface area contributed by atoms with E-state index in [1.54, 1.807) is 11.3 Å². The van der Waals surface area contributed by atoms with Gasteiger partial charge >= 0.3 is 0 Å². The first kappa shape index (κ1) is 11.7. The second-order valence-corrected chi connectivity index (χ2v) is 4.65. The Labute approximate surface area is 90.0 Å². The first-order chi connectivity index (χ1) is 6.74. The fraction of sp³-hybridized carbons (Fsp3) is 0.636. The fourth-order valence-corrected chi connectivity index (χ4v) is 2.05. The largest absolute Gasteiger partial charge is 0.395 e. The molecule has 1 aromatic rings. The second-order valence-electron chi connectivity index (χ2n) is 3.87. The Morgan fingerprint density at radius 3 is 2.79 bits per heavy atom. The van der Waals surface area contributed by atoms with Gasteiger partial charge in [0, 0.05) is 6.04 Å². The van der Waals surface area contributed by atoms with Gasteiger partial charge in [0.2, 0.25) is 0 Å². The number of aliphatic hydroxyl groups is 1. The molecule has 0 aromatic carbocycles. The van der Waals surface area contributed by atoms with Crippen LogP contribution in [0.25, 0.3) is 0 Å². The van der Waals surface area contributed by atoms with Crippen LogP contribution >= 0.6 is 11.3 Å². The number of hydrogen-bond acceptors (Lipinski definition) is 3. The minimum Gasteiger partial charge on any atom is -0.395 e. The quantitative estimate of drug-likeness (QED) is 0.756. The van der Waals surface area contributed by atoms with Crippen LogP contribution in [0.5, 0.6) is 0 Å². The Kier molecular flexibility index (Phi) is 5.15. The lowest BCUT2D eigenvalue weighted by Crippen LogP contribution is -2.38. The molecule has 1 heterocycles. The summed E-state index contributed by atoms with van der Waals surface area (Å²) in [5.74, 6) is 0.488. The molecule has 1 rings (SSSR count). The van der Waals surface area contributed by atoms with Gasteiger partial charge in [0.1, 0.15) is 0 Å². The monoisotopic (exact) mass is 213 g/mol. The van der Waals surface area contributed by atoms with Crippen molar-refractivity contribution >= 4 is 11.3 Å². The van der Waals surface area contributed by atoms with Gasteiger partial charge < -0.3 is 10.4 Å². The number of nitrogens with one attached hydrogen (secondary N) is 1. The molecule has 1 aromatic heterocycles. The topological polar surface area (TPSA) is 32.3 Å². The van der Waals surface area contributed by atoms with Crippen molar-refractivity contribution < 1.29 is 5.11 Å². The summed E-state index contributed by atoms with van der Waals surface area (Å²) in [7, 11) is 0. The van der Waals surface area contributed by atoms with Crippen LogP contribution < -0.4 is 5.32 Å². The van der Waals surface area contributed by atoms with E-state index >= 15 is 0 Å². The van der Waals surface area contributed by atoms with Crippen LogP contribution in [-0.2, 0) is 6.42 Å². The third-order valence-electron chi connectivity index (χ3n) is 2.40. The predicted octanol–water partition coefficient (Wildman–Crippen LogP) is 1.90. The number of aliphatic hydroxyl groups excluding tert-OH is 1. The molecule has 1 atom stereocenters. The summed E-state index contributed by atoms with van der Waals surface area (Å²) >= 11 is 1.73. The first-order valence-corrected chi connectivity index (χ1v) is 6.03. The van der Waals surface area contributed by atoms with Crippen molar-refractivity contribution in [3.63, 3.8) is 0 Å². The zero-order chi connectivity index (χ0) is 10.4. The van der Waals surface area contributed by atoms with E-state index in [1.807, 2.05) is 0 Å². The molecule has 0 bridgehead atoms. The van der Waals surface area contributed by atoms with E-state index in [4.69, 9.17) is 5.11 Å². The summed E-state index contributed by atoms with van der Waals surface area (Å²) in [6, 6.07) is 2.38. The van der Waals surface area contributed by atoms with Gasteiger partial charge in [0.15, 0.2) is 0 Å². The van der Waals surface area contributed by atoms with Crippen molar-refractivity contribution in [1.82, 2.24) is 5.32 Å². The van der Waals surface area contributed by atoms with Gasteiger partial charge in [-0.05, 0) is 41.3 Å². The van der Waals surface area contributed by atoms with E-state index in [9.17, 15) is 0 Å². The van der Waals surface area contributed by atoms with E-state index in [1.165, 1.54) is 5.56 Å². The minimum absolute atomic E-state index is 0.224. The normalized spacial score (nSPS) is 13.4. The Morgan fingerprint density at radius 2 is 2.29 bits per heavy atom. The number of thiophene rings is 1. The Morgan fingerprint density at radius 1 is 1.50 bits per heavy atom. The van der Waals surface area contributed by atoms with Crippen LogP contribution in [0.3, 0.4) is 0 Å². The molecule has 1 unspecified atom stereocenters. The molecule has 2 N–H and O–H groups in total. The minimum atomic E-state index is 0.224. The van der Waals surface area contributed by atoms with Gasteiger partial charge in [-0.1, -0.05) is 13.8 Å². The van der Waals surface area contributed by atoms with Crippen molar-refractivity contribution in [2.45, 2.75) is 26.3 Å². The Bertz CT molecular complexity index is 233. The highest BCUT2D eigenvalue weighted by Crippen LogP contribution is 2.06. The van der Waals surface area contributed by atoms with Gasteiger partial charge in [0.25, 0.3) is 0 Å². The molecule has 80 valence electrons. The van der Waals surface area contributed by atoms with Gasteiger partial charge in [-0.2, -0.15) is 11.3 Å². The zero-order valence-electron chi connectivity index (χ0n) is 8.86. The van der Waals surface area contributed by atoms with Gasteiger partial charge in [-0.3, -0.25) is 0 Å². The first-order valence-electron chi connectivity index (χ1n) is 5.09. The van der Waals surface area contributed by atoms with Crippen molar-refractivity contribution in [3.05, 3.63) is 22.4 Å². The third-order valence-corrected chi connectivity index (χ3v) is 3.13. The molecule has 0 aliphatic rings. The molecule has 0 radical (unpaired) electrons. The summed E-state index contributed by atoms with van der Waals surface area (Å²) in [5.41, 5.74) is 1.38. The Balaban J connectivity index is 2.20. The van der Waals surface area contributed by atoms with E-state index < -0.39 is 0 Å². The summed E-state index contributed by atoms with van der Waals surface area (Å²) in [5, 5.41) is 16.7. The summed E-state index contributed by atoms with van der Waals surface area (Å²) in [6.45, 7) is 5.42. The van der Waals surface area contributed by atoms with E-state index in [0.717, 1.165) is 13.0 Å². The summed E-state index contributed by atoms with van der Waals surface area (Å²) in [6.07, 6.45) is 1.05. The SMILES string of the molecule is CC(C)C(CO)NCCc1ccsc1. The second kappa shape index (κ2) is 6.17. The van der Waals surface area contributed by atoms with Crippen LogP contribution in [0.1, 0.15) is 19.4 Å². The maximum Gasteiger partial charge on any atom is 0.0587 e. The summed E-state index contributed by atoms with van der Waals surface area (Å²) < 4.78 is 0. The molecule has 0 fully saturated rings. The molecule has 0 amide bonds. The van der Waals surface area contributed by atoms with Crippen molar-refractivity contribution in [1.29, 1.82) is 0 Å². The van der Waals surface area contributed by atoms with Crippen LogP contribution in [-0.4, -0.2) is 24.3 Å². The molecular weight excluding hydrogens is 194 g/mol. The van der Waals surface area contributed by atoms with E-state index in [0.29, 0.717) is 5.92 Å². The average Bonchev–Trinajstić information content (AvgIpc) is 2.64. The van der Waals surface area contributed by atoms with Crippen molar-refractivity contribution in [2.75, 3.05) is 13.2 Å². The molecule has 0 saturated carbocycles. The lowest BCUT2D eigenvalue weighted by atomic mass is 10.1. The van der Waals surface area contributed by atoms with Gasteiger partial charge in [-0.25, -0.2) is 0 Å². The predicted molar refractivity (Wildman–Crippen MR) is 61.7 cm³/mol. The van der Waals surface area contributed by atoms with E-state index in [-0.39, 0.29) is 12.6 Å². The molecule has 0 aliphatic heterocycles. The highest BCUT2D eigenvalue weighted by molar-refractivity contribution is 7.07. The number of hydrogen-bond donors (Lipinski definition) is 2. The molecule has 0 spiro atoms. The van der Waals surface area contributed by atoms with Gasteiger partial charge in [-0.15, -0.1) is 0 Å². The molecular formula is C11H19NOS. The van der Waals surface area contributed by atoms with Crippen LogP contribution in [0.15, 0.2) is 16.8 Å². The van der Waals surface area contributed by atoms with E-state index in [2.05, 4.69) is 36.0 Å². The zero-order valence-corrected chi connectivity index (χ0v) is 9.68. The average molecular weight is 213 g/mol. The summed E-state index contributed by atoms with van der Waals surface area (Å²) in [4.78, 5) is 0. The highest BCUT2D eigenvalue weighted by atomic mass is 32.1. The third kappa shape index (κ3) is 3.78. The maximum absolute atomic E-state index is 9.09. The smallest absolute Gasteiger partial charge is 0.0587 e. The standard InChI is InChI=1S/C11H19NOS/c1-9(2)11(7-13)12-5-3-10-4-6-14-8-10/h4,6,8-9,11-13H,3,5,7H2,1-2H3. The molecule has 3 heteroatoms. The highest BCUT2D eigenvalue weighted by Gasteiger charge is 2.10. The maximum atomic E-state index is 9.09. The van der Waals surface area contributed by atoms with Crippen molar-refractivity contribution in [3.8, 4) is 0 Å². The van der Waals surface area contributed by atoms with Gasteiger partial charge in [0.05, 0.1) is 6.61 Å². The molecule has 14 heavy (non-hydrogen) atoms. The molecule has 0 saturated heterocycles. The number of rotatable bonds is 6. The molecule has 2 nitrogen and oxygen atoms in total. The fourth-order valence-electron chi connectivity index (χ4n) is 1.35.